The van der Waals surface area contributed by atoms with Gasteiger partial charge >= 0.3 is 5.97 Å². The predicted octanol–water partition coefficient (Wildman–Crippen LogP) is 2.77. The first kappa shape index (κ1) is 12.3. The van der Waals surface area contributed by atoms with E-state index in [1.807, 2.05) is 43.3 Å². The highest BCUT2D eigenvalue weighted by molar-refractivity contribution is 5.90. The summed E-state index contributed by atoms with van der Waals surface area (Å²) in [6, 6.07) is 15.3. The molecule has 2 rings (SSSR count). The van der Waals surface area contributed by atoms with Gasteiger partial charge in [-0.3, -0.25) is 0 Å². The van der Waals surface area contributed by atoms with E-state index in [1.165, 1.54) is 5.56 Å². The summed E-state index contributed by atoms with van der Waals surface area (Å²) in [5.74, 6) is -0.520. The molecule has 0 unspecified atom stereocenters. The summed E-state index contributed by atoms with van der Waals surface area (Å²) in [6.07, 6.45) is 0. The molecule has 0 bridgehead atoms. The van der Waals surface area contributed by atoms with Crippen LogP contribution >= 0.6 is 0 Å². The molecule has 0 radical (unpaired) electrons. The summed E-state index contributed by atoms with van der Waals surface area (Å²) in [4.78, 5) is 11.4. The minimum atomic E-state index is -0.599. The Morgan fingerprint density at radius 2 is 1.50 bits per heavy atom. The second-order valence-corrected chi connectivity index (χ2v) is 4.00. The van der Waals surface area contributed by atoms with Crippen LogP contribution in [0.15, 0.2) is 48.5 Å². The van der Waals surface area contributed by atoms with Crippen LogP contribution in [0.25, 0.3) is 11.1 Å². The Bertz CT molecular complexity index is 527. The number of rotatable bonds is 3. The predicted molar refractivity (Wildman–Crippen MR) is 69.1 cm³/mol. The quantitative estimate of drug-likeness (QED) is 0.665. The molecule has 0 aromatic heterocycles. The first-order chi connectivity index (χ1) is 8.70. The van der Waals surface area contributed by atoms with Crippen LogP contribution in [0.2, 0.25) is 0 Å². The van der Waals surface area contributed by atoms with Crippen molar-refractivity contribution in [1.29, 1.82) is 0 Å². The van der Waals surface area contributed by atoms with Crippen LogP contribution in [0, 0.1) is 6.92 Å². The molecule has 0 amide bonds. The average Bonchev–Trinajstić information content (AvgIpc) is 2.40. The Hall–Kier alpha value is -2.13. The van der Waals surface area contributed by atoms with E-state index in [4.69, 9.17) is 5.11 Å². The van der Waals surface area contributed by atoms with Crippen LogP contribution in [0.3, 0.4) is 0 Å². The number of hydrogen-bond donors (Lipinski definition) is 1. The Labute approximate surface area is 106 Å². The van der Waals surface area contributed by atoms with Crippen LogP contribution in [0.1, 0.15) is 15.9 Å². The molecule has 0 saturated carbocycles. The van der Waals surface area contributed by atoms with Crippen molar-refractivity contribution < 1.29 is 14.6 Å². The fraction of sp³-hybridized carbons (Fsp3) is 0.133. The Kier molecular flexibility index (Phi) is 3.75. The van der Waals surface area contributed by atoms with Gasteiger partial charge in [0.2, 0.25) is 0 Å². The topological polar surface area (TPSA) is 46.5 Å². The normalized spacial score (nSPS) is 10.1. The van der Waals surface area contributed by atoms with Gasteiger partial charge < -0.3 is 9.84 Å². The van der Waals surface area contributed by atoms with Crippen LogP contribution in [0.5, 0.6) is 0 Å². The Morgan fingerprint density at radius 3 is 2.00 bits per heavy atom. The van der Waals surface area contributed by atoms with Gasteiger partial charge in [-0.25, -0.2) is 4.79 Å². The molecular formula is C15H14O3. The van der Waals surface area contributed by atoms with E-state index in [2.05, 4.69) is 4.74 Å². The molecule has 0 spiro atoms. The third kappa shape index (κ3) is 2.76. The molecule has 0 fully saturated rings. The number of carbonyl (C=O) groups is 1. The van der Waals surface area contributed by atoms with Crippen molar-refractivity contribution in [1.82, 2.24) is 0 Å². The summed E-state index contributed by atoms with van der Waals surface area (Å²) in [7, 11) is 0. The van der Waals surface area contributed by atoms with E-state index >= 15 is 0 Å². The zero-order chi connectivity index (χ0) is 13.0. The number of esters is 1. The number of hydrogen-bond acceptors (Lipinski definition) is 3. The Morgan fingerprint density at radius 1 is 1.00 bits per heavy atom. The van der Waals surface area contributed by atoms with Crippen LogP contribution in [-0.4, -0.2) is 17.9 Å². The van der Waals surface area contributed by atoms with Crippen molar-refractivity contribution in [3.05, 3.63) is 59.7 Å². The first-order valence-electron chi connectivity index (χ1n) is 5.66. The minimum Gasteiger partial charge on any atom is -0.435 e. The molecule has 18 heavy (non-hydrogen) atoms. The highest BCUT2D eigenvalue weighted by Crippen LogP contribution is 2.20. The standard InChI is InChI=1S/C15H14O3/c1-11-2-4-12(5-3-11)13-6-8-14(9-7-13)15(17)18-10-16/h2-9,16H,10H2,1H3. The molecule has 0 heterocycles. The maximum Gasteiger partial charge on any atom is 0.340 e. The monoisotopic (exact) mass is 242 g/mol. The van der Waals surface area contributed by atoms with Crippen LogP contribution in [0.4, 0.5) is 0 Å². The van der Waals surface area contributed by atoms with Crippen LogP contribution < -0.4 is 0 Å². The van der Waals surface area contributed by atoms with E-state index in [9.17, 15) is 4.79 Å². The number of aryl methyl sites for hydroxylation is 1. The zero-order valence-corrected chi connectivity index (χ0v) is 10.1. The zero-order valence-electron chi connectivity index (χ0n) is 10.1. The lowest BCUT2D eigenvalue weighted by atomic mass is 10.0. The van der Waals surface area contributed by atoms with Gasteiger partial charge in [0.05, 0.1) is 5.56 Å². The number of carbonyl (C=O) groups excluding carboxylic acids is 1. The van der Waals surface area contributed by atoms with Crippen molar-refractivity contribution in [2.75, 3.05) is 6.79 Å². The van der Waals surface area contributed by atoms with Gasteiger partial charge in [0, 0.05) is 0 Å². The average molecular weight is 242 g/mol. The summed E-state index contributed by atoms with van der Waals surface area (Å²) in [6.45, 7) is 1.44. The molecule has 2 aromatic carbocycles. The third-order valence-electron chi connectivity index (χ3n) is 2.70. The molecule has 0 atom stereocenters. The Balaban J connectivity index is 2.22. The van der Waals surface area contributed by atoms with Crippen molar-refractivity contribution in [3.8, 4) is 11.1 Å². The largest absolute Gasteiger partial charge is 0.435 e. The van der Waals surface area contributed by atoms with E-state index in [0.29, 0.717) is 5.56 Å². The first-order valence-corrected chi connectivity index (χ1v) is 5.66. The summed E-state index contributed by atoms with van der Waals surface area (Å²) in [5.41, 5.74) is 3.78. The molecule has 3 nitrogen and oxygen atoms in total. The summed E-state index contributed by atoms with van der Waals surface area (Å²) >= 11 is 0. The highest BCUT2D eigenvalue weighted by Gasteiger charge is 2.06. The second-order valence-electron chi connectivity index (χ2n) is 4.00. The second kappa shape index (κ2) is 5.47. The van der Waals surface area contributed by atoms with E-state index < -0.39 is 12.8 Å². The van der Waals surface area contributed by atoms with Crippen molar-refractivity contribution in [2.24, 2.45) is 0 Å². The molecule has 3 heteroatoms. The van der Waals surface area contributed by atoms with Crippen molar-refractivity contribution >= 4 is 5.97 Å². The van der Waals surface area contributed by atoms with E-state index in [0.717, 1.165) is 11.1 Å². The maximum absolute atomic E-state index is 11.4. The van der Waals surface area contributed by atoms with Gasteiger partial charge in [0.1, 0.15) is 0 Å². The molecule has 1 N–H and O–H groups in total. The van der Waals surface area contributed by atoms with Crippen molar-refractivity contribution in [3.63, 3.8) is 0 Å². The van der Waals surface area contributed by atoms with E-state index in [1.54, 1.807) is 12.1 Å². The molecule has 0 aliphatic carbocycles. The number of ether oxygens (including phenoxy) is 1. The molecule has 2 aromatic rings. The SMILES string of the molecule is Cc1ccc(-c2ccc(C(=O)OCO)cc2)cc1. The summed E-state index contributed by atoms with van der Waals surface area (Å²) < 4.78 is 4.51. The fourth-order valence-corrected chi connectivity index (χ4v) is 1.69. The third-order valence-corrected chi connectivity index (χ3v) is 2.70. The van der Waals surface area contributed by atoms with Gasteiger partial charge in [0.25, 0.3) is 0 Å². The highest BCUT2D eigenvalue weighted by atomic mass is 16.6. The van der Waals surface area contributed by atoms with Crippen LogP contribution in [-0.2, 0) is 4.74 Å². The lowest BCUT2D eigenvalue weighted by Gasteiger charge is -2.04. The lowest BCUT2D eigenvalue weighted by molar-refractivity contribution is 0.00684. The molecule has 0 aliphatic rings. The number of aliphatic hydroxyl groups is 1. The van der Waals surface area contributed by atoms with Crippen molar-refractivity contribution in [2.45, 2.75) is 6.92 Å². The fourth-order valence-electron chi connectivity index (χ4n) is 1.69. The molecular weight excluding hydrogens is 228 g/mol. The maximum atomic E-state index is 11.4. The van der Waals surface area contributed by atoms with E-state index in [-0.39, 0.29) is 0 Å². The van der Waals surface area contributed by atoms with Gasteiger partial charge in [-0.1, -0.05) is 42.0 Å². The lowest BCUT2D eigenvalue weighted by Crippen LogP contribution is -2.05. The number of aliphatic hydroxyl groups excluding tert-OH is 1. The molecule has 92 valence electrons. The smallest absolute Gasteiger partial charge is 0.340 e. The molecule has 0 saturated heterocycles. The minimum absolute atomic E-state index is 0.430. The summed E-state index contributed by atoms with van der Waals surface area (Å²) in [5, 5.41) is 8.51. The van der Waals surface area contributed by atoms with Gasteiger partial charge in [-0.15, -0.1) is 0 Å². The van der Waals surface area contributed by atoms with Gasteiger partial charge in [-0.05, 0) is 30.2 Å². The van der Waals surface area contributed by atoms with Gasteiger partial charge in [-0.2, -0.15) is 0 Å². The van der Waals surface area contributed by atoms with Gasteiger partial charge in [0.15, 0.2) is 6.79 Å². The molecule has 0 aliphatic heterocycles. The number of benzene rings is 2.